The second-order valence-electron chi connectivity index (χ2n) is 8.79. The van der Waals surface area contributed by atoms with E-state index in [9.17, 15) is 10.1 Å². The van der Waals surface area contributed by atoms with Gasteiger partial charge in [-0.05, 0) is 68.4 Å². The number of halogens is 2. The zero-order chi connectivity index (χ0) is 28.4. The molecule has 0 amide bonds. The van der Waals surface area contributed by atoms with Crippen LogP contribution in [0.1, 0.15) is 11.1 Å². The van der Waals surface area contributed by atoms with Gasteiger partial charge in [-0.1, -0.05) is 24.3 Å². The van der Waals surface area contributed by atoms with Gasteiger partial charge in [-0.25, -0.2) is 19.9 Å². The Hall–Kier alpha value is -4.06. The number of aromatic nitrogens is 6. The average Bonchev–Trinajstić information content (AvgIpc) is 3.43. The Bertz CT molecular complexity index is 1830. The molecule has 0 aliphatic heterocycles. The van der Waals surface area contributed by atoms with Crippen molar-refractivity contribution in [1.29, 1.82) is 0 Å². The van der Waals surface area contributed by atoms with Crippen molar-refractivity contribution >= 4 is 90.3 Å². The number of nitro benzene ring substituents is 1. The van der Waals surface area contributed by atoms with Gasteiger partial charge >= 0.3 is 0 Å². The molecule has 12 nitrogen and oxygen atoms in total. The molecule has 0 saturated heterocycles. The Labute approximate surface area is 255 Å². The van der Waals surface area contributed by atoms with E-state index >= 15 is 0 Å². The van der Waals surface area contributed by atoms with E-state index in [-0.39, 0.29) is 5.69 Å². The van der Waals surface area contributed by atoms with Crippen molar-refractivity contribution in [3.8, 4) is 0 Å². The molecule has 6 rings (SSSR count). The summed E-state index contributed by atoms with van der Waals surface area (Å²) in [7, 11) is 0. The molecule has 0 spiro atoms. The summed E-state index contributed by atoms with van der Waals surface area (Å²) in [6.45, 7) is 1.30. The smallest absolute Gasteiger partial charge is 0.269 e. The first-order chi connectivity index (χ1) is 19.2. The molecule has 6 N–H and O–H groups in total. The fourth-order valence-electron chi connectivity index (χ4n) is 4.18. The molecular formula is C26H22I2N10O2. The fourth-order valence-corrected chi connectivity index (χ4v) is 5.89. The van der Waals surface area contributed by atoms with Crippen molar-refractivity contribution < 1.29 is 4.92 Å². The number of anilines is 3. The van der Waals surface area contributed by atoms with E-state index in [2.05, 4.69) is 69.7 Å². The molecule has 2 aromatic carbocycles. The van der Waals surface area contributed by atoms with Crippen LogP contribution in [0.2, 0.25) is 0 Å². The molecule has 40 heavy (non-hydrogen) atoms. The van der Waals surface area contributed by atoms with E-state index in [1.165, 1.54) is 30.4 Å². The number of non-ortho nitro benzene ring substituents is 1. The minimum atomic E-state index is -0.411. The first-order valence-corrected chi connectivity index (χ1v) is 13.9. The SMILES string of the molecule is Nc1ccc(Cn2cc(I)c3c(N)ncnc32)cc1.Nc1ncnc2c1c(I)cn2Cc1ccc([N+](=O)[O-])cc1. The molecule has 0 radical (unpaired) electrons. The van der Waals surface area contributed by atoms with Gasteiger partial charge in [0, 0.05) is 50.4 Å². The van der Waals surface area contributed by atoms with E-state index < -0.39 is 4.92 Å². The van der Waals surface area contributed by atoms with E-state index in [1.54, 1.807) is 12.1 Å². The Morgan fingerprint density at radius 1 is 0.700 bits per heavy atom. The lowest BCUT2D eigenvalue weighted by Crippen LogP contribution is -2.00. The number of rotatable bonds is 5. The Morgan fingerprint density at radius 2 is 1.12 bits per heavy atom. The highest BCUT2D eigenvalue weighted by atomic mass is 127. The van der Waals surface area contributed by atoms with Gasteiger partial charge in [-0.2, -0.15) is 0 Å². The van der Waals surface area contributed by atoms with Crippen molar-refractivity contribution in [1.82, 2.24) is 29.1 Å². The van der Waals surface area contributed by atoms with Crippen LogP contribution in [-0.4, -0.2) is 34.0 Å². The molecule has 0 aliphatic carbocycles. The monoisotopic (exact) mass is 760 g/mol. The minimum absolute atomic E-state index is 0.0808. The van der Waals surface area contributed by atoms with Crippen molar-refractivity contribution in [2.45, 2.75) is 13.1 Å². The minimum Gasteiger partial charge on any atom is -0.399 e. The Balaban J connectivity index is 0.000000162. The predicted octanol–water partition coefficient (Wildman–Crippen LogP) is 4.82. The first-order valence-electron chi connectivity index (χ1n) is 11.8. The summed E-state index contributed by atoms with van der Waals surface area (Å²) in [5, 5.41) is 12.4. The van der Waals surface area contributed by atoms with Crippen LogP contribution in [0.15, 0.2) is 73.6 Å². The molecule has 0 saturated carbocycles. The number of hydrogen-bond acceptors (Lipinski definition) is 9. The lowest BCUT2D eigenvalue weighted by Gasteiger charge is -2.05. The molecule has 0 fully saturated rings. The van der Waals surface area contributed by atoms with Gasteiger partial charge in [-0.15, -0.1) is 0 Å². The van der Waals surface area contributed by atoms with Gasteiger partial charge in [0.1, 0.15) is 35.6 Å². The zero-order valence-corrected chi connectivity index (χ0v) is 25.1. The highest BCUT2D eigenvalue weighted by Gasteiger charge is 2.13. The molecule has 4 aromatic heterocycles. The van der Waals surface area contributed by atoms with Gasteiger partial charge in [0.05, 0.1) is 15.7 Å². The Kier molecular flexibility index (Phi) is 7.97. The molecule has 0 unspecified atom stereocenters. The molecule has 0 aliphatic rings. The van der Waals surface area contributed by atoms with Gasteiger partial charge in [-0.3, -0.25) is 10.1 Å². The van der Waals surface area contributed by atoms with Crippen LogP contribution in [-0.2, 0) is 13.1 Å². The highest BCUT2D eigenvalue weighted by Crippen LogP contribution is 2.27. The second-order valence-corrected chi connectivity index (χ2v) is 11.1. The van der Waals surface area contributed by atoms with Crippen LogP contribution in [0.5, 0.6) is 0 Å². The number of nitrogen functional groups attached to an aromatic ring is 3. The standard InChI is InChI=1S/C13H10IN5O2.C13H12IN5/c14-10-6-18(13-11(10)12(15)16-7-17-13)5-8-1-3-9(4-2-8)19(20)21;14-10-6-19(5-8-1-3-9(15)4-2-8)13-11(10)12(16)17-7-18-13/h1-4,6-7H,5H2,(H2,15,16,17);1-4,6-7H,5,15H2,(H2,16,17,18). The first kappa shape index (κ1) is 27.5. The third-order valence-corrected chi connectivity index (χ3v) is 7.74. The van der Waals surface area contributed by atoms with Crippen LogP contribution in [0.25, 0.3) is 22.1 Å². The molecular weight excluding hydrogens is 738 g/mol. The third-order valence-electron chi connectivity index (χ3n) is 6.11. The van der Waals surface area contributed by atoms with Crippen LogP contribution < -0.4 is 17.2 Å². The lowest BCUT2D eigenvalue weighted by molar-refractivity contribution is -0.384. The molecule has 14 heteroatoms. The van der Waals surface area contributed by atoms with E-state index in [1.807, 2.05) is 41.2 Å². The number of hydrogen-bond donors (Lipinski definition) is 3. The van der Waals surface area contributed by atoms with Crippen molar-refractivity contribution in [3.05, 3.63) is 102 Å². The summed E-state index contributed by atoms with van der Waals surface area (Å²) >= 11 is 4.44. The van der Waals surface area contributed by atoms with Crippen LogP contribution in [0.3, 0.4) is 0 Å². The van der Waals surface area contributed by atoms with Gasteiger partial charge in [0.25, 0.3) is 5.69 Å². The van der Waals surface area contributed by atoms with Crippen molar-refractivity contribution in [3.63, 3.8) is 0 Å². The van der Waals surface area contributed by atoms with Crippen molar-refractivity contribution in [2.75, 3.05) is 17.2 Å². The second kappa shape index (κ2) is 11.6. The van der Waals surface area contributed by atoms with E-state index in [0.29, 0.717) is 18.2 Å². The molecule has 6 aromatic rings. The largest absolute Gasteiger partial charge is 0.399 e. The van der Waals surface area contributed by atoms with Crippen LogP contribution in [0.4, 0.5) is 23.0 Å². The van der Waals surface area contributed by atoms with E-state index in [4.69, 9.17) is 17.2 Å². The van der Waals surface area contributed by atoms with Crippen LogP contribution in [0, 0.1) is 17.3 Å². The highest BCUT2D eigenvalue weighted by molar-refractivity contribution is 14.1. The molecule has 0 atom stereocenters. The Morgan fingerprint density at radius 3 is 1.55 bits per heavy atom. The lowest BCUT2D eigenvalue weighted by atomic mass is 10.2. The zero-order valence-electron chi connectivity index (χ0n) is 20.8. The van der Waals surface area contributed by atoms with Gasteiger partial charge < -0.3 is 26.3 Å². The molecule has 4 heterocycles. The van der Waals surface area contributed by atoms with Gasteiger partial charge in [0.15, 0.2) is 0 Å². The average molecular weight is 760 g/mol. The number of benzene rings is 2. The fraction of sp³-hybridized carbons (Fsp3) is 0.0769. The quantitative estimate of drug-likeness (QED) is 0.0960. The normalized spacial score (nSPS) is 10.9. The predicted molar refractivity (Wildman–Crippen MR) is 171 cm³/mol. The topological polar surface area (TPSA) is 183 Å². The summed E-state index contributed by atoms with van der Waals surface area (Å²) in [4.78, 5) is 26.9. The maximum absolute atomic E-state index is 10.7. The summed E-state index contributed by atoms with van der Waals surface area (Å²) in [5.41, 5.74) is 22.0. The summed E-state index contributed by atoms with van der Waals surface area (Å²) in [6, 6.07) is 14.3. The number of fused-ring (bicyclic) bond motifs is 2. The number of nitrogens with zero attached hydrogens (tertiary/aromatic N) is 7. The molecule has 202 valence electrons. The summed E-state index contributed by atoms with van der Waals surface area (Å²) in [5.74, 6) is 0.970. The van der Waals surface area contributed by atoms with Gasteiger partial charge in [0.2, 0.25) is 0 Å². The maximum Gasteiger partial charge on any atom is 0.269 e. The molecule has 0 bridgehead atoms. The number of nitrogens with two attached hydrogens (primary N) is 3. The maximum atomic E-state index is 10.7. The summed E-state index contributed by atoms with van der Waals surface area (Å²) in [6.07, 6.45) is 6.90. The van der Waals surface area contributed by atoms with Crippen molar-refractivity contribution in [2.24, 2.45) is 0 Å². The van der Waals surface area contributed by atoms with Crippen LogP contribution >= 0.6 is 45.2 Å². The third kappa shape index (κ3) is 5.76. The summed E-state index contributed by atoms with van der Waals surface area (Å²) < 4.78 is 6.06. The number of nitro groups is 1. The van der Waals surface area contributed by atoms with E-state index in [0.717, 1.165) is 47.0 Å².